The van der Waals surface area contributed by atoms with Crippen LogP contribution in [-0.2, 0) is 14.4 Å². The van der Waals surface area contributed by atoms with Crippen molar-refractivity contribution in [3.05, 3.63) is 35.4 Å². The number of benzene rings is 1. The molecular formula is C28H38F3N3O5. The van der Waals surface area contributed by atoms with Gasteiger partial charge in [0.05, 0.1) is 6.04 Å². The zero-order valence-electron chi connectivity index (χ0n) is 23.4. The lowest BCUT2D eigenvalue weighted by atomic mass is 9.86. The number of amides is 3. The first-order valence-electron chi connectivity index (χ1n) is 13.0. The van der Waals surface area contributed by atoms with Crippen molar-refractivity contribution in [1.82, 2.24) is 15.5 Å². The minimum atomic E-state index is -5.11. The molecule has 11 heteroatoms. The predicted octanol–water partition coefficient (Wildman–Crippen LogP) is 3.93. The van der Waals surface area contributed by atoms with Gasteiger partial charge in [-0.25, -0.2) is 0 Å². The number of hydrogen-bond donors (Lipinski definition) is 2. The van der Waals surface area contributed by atoms with Crippen molar-refractivity contribution >= 4 is 29.3 Å². The van der Waals surface area contributed by atoms with Gasteiger partial charge in [-0.1, -0.05) is 60.6 Å². The molecule has 0 spiro atoms. The zero-order valence-corrected chi connectivity index (χ0v) is 23.4. The van der Waals surface area contributed by atoms with Gasteiger partial charge in [-0.15, -0.1) is 0 Å². The molecule has 2 rings (SSSR count). The molecule has 1 aliphatic rings. The van der Waals surface area contributed by atoms with Gasteiger partial charge in [-0.2, -0.15) is 13.2 Å². The highest BCUT2D eigenvalue weighted by molar-refractivity contribution is 6.02. The van der Waals surface area contributed by atoms with Crippen molar-refractivity contribution < 1.29 is 37.1 Å². The quantitative estimate of drug-likeness (QED) is 0.450. The Morgan fingerprint density at radius 3 is 1.82 bits per heavy atom. The number of nitrogens with one attached hydrogen (secondary N) is 2. The molecule has 0 aromatic heterocycles. The molecular weight excluding hydrogens is 515 g/mol. The minimum Gasteiger partial charge on any atom is -0.344 e. The first-order chi connectivity index (χ1) is 17.9. The highest BCUT2D eigenvalue weighted by Crippen LogP contribution is 2.25. The third-order valence-corrected chi connectivity index (χ3v) is 6.67. The number of halogens is 3. The molecule has 3 amide bonds. The maximum absolute atomic E-state index is 13.5. The Hall–Kier alpha value is -3.24. The van der Waals surface area contributed by atoms with Crippen molar-refractivity contribution in [3.8, 4) is 0 Å². The second-order valence-electron chi connectivity index (χ2n) is 11.6. The Bertz CT molecular complexity index is 1090. The molecule has 3 atom stereocenters. The lowest BCUT2D eigenvalue weighted by Crippen LogP contribution is -2.58. The van der Waals surface area contributed by atoms with Gasteiger partial charge < -0.3 is 15.5 Å². The van der Waals surface area contributed by atoms with Gasteiger partial charge in [0, 0.05) is 23.1 Å². The Labute approximate surface area is 227 Å². The van der Waals surface area contributed by atoms with E-state index in [2.05, 4.69) is 10.6 Å². The number of rotatable bonds is 9. The number of alkyl halides is 3. The van der Waals surface area contributed by atoms with Crippen molar-refractivity contribution in [2.75, 3.05) is 6.54 Å². The number of carbonyl (C=O) groups is 5. The normalized spacial score (nSPS) is 17.6. The topological polar surface area (TPSA) is 113 Å². The third-order valence-electron chi connectivity index (χ3n) is 6.67. The van der Waals surface area contributed by atoms with Gasteiger partial charge in [0.25, 0.3) is 11.7 Å². The largest absolute Gasteiger partial charge is 0.452 e. The fourth-order valence-electron chi connectivity index (χ4n) is 4.39. The van der Waals surface area contributed by atoms with E-state index in [0.717, 1.165) is 0 Å². The van der Waals surface area contributed by atoms with E-state index in [4.69, 9.17) is 0 Å². The molecule has 1 heterocycles. The van der Waals surface area contributed by atoms with E-state index in [9.17, 15) is 37.1 Å². The first-order valence-corrected chi connectivity index (χ1v) is 13.0. The van der Waals surface area contributed by atoms with Crippen LogP contribution in [0.25, 0.3) is 0 Å². The molecule has 0 radical (unpaired) electrons. The van der Waals surface area contributed by atoms with Crippen molar-refractivity contribution in [1.29, 1.82) is 0 Å². The number of ketones is 2. The van der Waals surface area contributed by atoms with Gasteiger partial charge in [0.2, 0.25) is 11.8 Å². The molecule has 1 aliphatic heterocycles. The summed E-state index contributed by atoms with van der Waals surface area (Å²) in [6.45, 7) is 11.8. The second-order valence-corrected chi connectivity index (χ2v) is 11.6. The van der Waals surface area contributed by atoms with Gasteiger partial charge in [-0.05, 0) is 36.8 Å². The molecule has 1 fully saturated rings. The van der Waals surface area contributed by atoms with Crippen molar-refractivity contribution in [3.63, 3.8) is 0 Å². The summed E-state index contributed by atoms with van der Waals surface area (Å²) < 4.78 is 39.1. The average molecular weight is 554 g/mol. The number of likely N-dealkylation sites (tertiary alicyclic amines) is 1. The monoisotopic (exact) mass is 553 g/mol. The number of nitrogens with zero attached hydrogens (tertiary/aromatic N) is 1. The van der Waals surface area contributed by atoms with Crippen LogP contribution in [0, 0.1) is 17.3 Å². The molecule has 0 aliphatic carbocycles. The van der Waals surface area contributed by atoms with Crippen LogP contribution in [0.4, 0.5) is 13.2 Å². The summed E-state index contributed by atoms with van der Waals surface area (Å²) in [7, 11) is 0. The molecule has 8 nitrogen and oxygen atoms in total. The lowest BCUT2D eigenvalue weighted by molar-refractivity contribution is -0.175. The van der Waals surface area contributed by atoms with Crippen LogP contribution in [0.5, 0.6) is 0 Å². The van der Waals surface area contributed by atoms with Crippen molar-refractivity contribution in [2.24, 2.45) is 17.3 Å². The summed E-state index contributed by atoms with van der Waals surface area (Å²) in [6, 6.07) is 2.22. The standard InChI is InChI=1S/C28H38F3N3O5/c1-15(2)20(23(36)28(29,30)31)32-25(38)19-9-8-14-34(19)26(39)21(16(3)4)33-24(37)18-12-10-17(11-13-18)22(35)27(5,6)7/h10-13,15-16,19-21H,8-9,14H2,1-7H3,(H,32,38)(H,33,37)/t19-,20?,21-/m0/s1. The van der Waals surface area contributed by atoms with Crippen LogP contribution in [-0.4, -0.2) is 65.0 Å². The van der Waals surface area contributed by atoms with Gasteiger partial charge in [0.15, 0.2) is 5.78 Å². The van der Waals surface area contributed by atoms with E-state index >= 15 is 0 Å². The van der Waals surface area contributed by atoms with Crippen LogP contribution in [0.1, 0.15) is 82.0 Å². The Kier molecular flexibility index (Phi) is 10.1. The van der Waals surface area contributed by atoms with Crippen LogP contribution in [0.3, 0.4) is 0 Å². The van der Waals surface area contributed by atoms with Crippen LogP contribution in [0.2, 0.25) is 0 Å². The summed E-state index contributed by atoms with van der Waals surface area (Å²) in [6.07, 6.45) is -4.46. The molecule has 1 saturated heterocycles. The maximum Gasteiger partial charge on any atom is 0.452 e. The van der Waals surface area contributed by atoms with E-state index in [1.54, 1.807) is 46.8 Å². The summed E-state index contributed by atoms with van der Waals surface area (Å²) >= 11 is 0. The zero-order chi connectivity index (χ0) is 29.9. The molecule has 39 heavy (non-hydrogen) atoms. The van der Waals surface area contributed by atoms with E-state index in [0.29, 0.717) is 12.0 Å². The highest BCUT2D eigenvalue weighted by Gasteiger charge is 2.46. The Morgan fingerprint density at radius 1 is 0.846 bits per heavy atom. The third kappa shape index (κ3) is 7.89. The molecule has 0 bridgehead atoms. The molecule has 2 N–H and O–H groups in total. The van der Waals surface area contributed by atoms with E-state index in [1.165, 1.54) is 30.9 Å². The summed E-state index contributed by atoms with van der Waals surface area (Å²) in [5, 5.41) is 4.89. The fourth-order valence-corrected chi connectivity index (χ4v) is 4.39. The summed E-state index contributed by atoms with van der Waals surface area (Å²) in [5.41, 5.74) is 0.0948. The Morgan fingerprint density at radius 2 is 1.36 bits per heavy atom. The minimum absolute atomic E-state index is 0.0836. The first kappa shape index (κ1) is 32.0. The summed E-state index contributed by atoms with van der Waals surface area (Å²) in [5.74, 6) is -5.26. The number of hydrogen-bond acceptors (Lipinski definition) is 5. The summed E-state index contributed by atoms with van der Waals surface area (Å²) in [4.78, 5) is 65.0. The van der Waals surface area contributed by atoms with E-state index in [-0.39, 0.29) is 30.2 Å². The molecule has 0 saturated carbocycles. The number of carbonyl (C=O) groups excluding carboxylic acids is 5. The van der Waals surface area contributed by atoms with Gasteiger partial charge >= 0.3 is 6.18 Å². The van der Waals surface area contributed by atoms with Gasteiger partial charge in [-0.3, -0.25) is 24.0 Å². The Balaban J connectivity index is 2.18. The van der Waals surface area contributed by atoms with Gasteiger partial charge in [0.1, 0.15) is 12.1 Å². The predicted molar refractivity (Wildman–Crippen MR) is 139 cm³/mol. The van der Waals surface area contributed by atoms with Crippen molar-refractivity contribution in [2.45, 2.75) is 85.6 Å². The molecule has 1 unspecified atom stereocenters. The van der Waals surface area contributed by atoms with Crippen LogP contribution < -0.4 is 10.6 Å². The molecule has 1 aromatic carbocycles. The van der Waals surface area contributed by atoms with E-state index in [1.807, 2.05) is 0 Å². The fraction of sp³-hybridized carbons (Fsp3) is 0.607. The van der Waals surface area contributed by atoms with Crippen LogP contribution in [0.15, 0.2) is 24.3 Å². The maximum atomic E-state index is 13.5. The lowest BCUT2D eigenvalue weighted by Gasteiger charge is -2.32. The average Bonchev–Trinajstić information content (AvgIpc) is 3.33. The second kappa shape index (κ2) is 12.3. The molecule has 216 valence electrons. The van der Waals surface area contributed by atoms with E-state index < -0.39 is 59.1 Å². The highest BCUT2D eigenvalue weighted by atomic mass is 19.4. The SMILES string of the molecule is CC(C)C(NC(=O)[C@@H]1CCCN1C(=O)[C@@H](NC(=O)c1ccc(C(=O)C(C)(C)C)cc1)C(C)C)C(=O)C(F)(F)F. The van der Waals surface area contributed by atoms with Crippen LogP contribution >= 0.6 is 0 Å². The molecule has 1 aromatic rings. The number of Topliss-reactive ketones (excluding diaryl/α,β-unsaturated/α-hetero) is 2. The smallest absolute Gasteiger partial charge is 0.344 e.